The van der Waals surface area contributed by atoms with Crippen LogP contribution in [0.5, 0.6) is 0 Å². The van der Waals surface area contributed by atoms with Crippen LogP contribution in [0.25, 0.3) is 0 Å². The second-order valence-electron chi connectivity index (χ2n) is 3.48. The molecule has 96 valence electrons. The monoisotopic (exact) mass is 266 g/mol. The second-order valence-corrected chi connectivity index (χ2v) is 5.16. The van der Waals surface area contributed by atoms with E-state index >= 15 is 0 Å². The van der Waals surface area contributed by atoms with Crippen molar-refractivity contribution in [1.29, 1.82) is 5.26 Å². The quantitative estimate of drug-likeness (QED) is 0.365. The highest BCUT2D eigenvalue weighted by atomic mass is 32.2. The smallest absolute Gasteiger partial charge is 0.262 e. The van der Waals surface area contributed by atoms with E-state index in [9.17, 15) is 8.42 Å². The molecule has 0 amide bonds. The Hall–Kier alpha value is -2.07. The maximum Gasteiger partial charge on any atom is 0.264 e. The van der Waals surface area contributed by atoms with Crippen LogP contribution in [0.2, 0.25) is 0 Å². The summed E-state index contributed by atoms with van der Waals surface area (Å²) in [4.78, 5) is 3.96. The van der Waals surface area contributed by atoms with Gasteiger partial charge >= 0.3 is 0 Å². The van der Waals surface area contributed by atoms with Crippen LogP contribution < -0.4 is 10.0 Å². The van der Waals surface area contributed by atoms with Crippen molar-refractivity contribution in [3.05, 3.63) is 29.8 Å². The van der Waals surface area contributed by atoms with Gasteiger partial charge in [-0.1, -0.05) is 17.7 Å². The van der Waals surface area contributed by atoms with Crippen molar-refractivity contribution in [2.45, 2.75) is 18.7 Å². The molecule has 0 aliphatic carbocycles. The Morgan fingerprint density at radius 3 is 2.50 bits per heavy atom. The molecule has 1 aromatic rings. The van der Waals surface area contributed by atoms with Crippen LogP contribution in [-0.4, -0.2) is 20.9 Å². The molecule has 0 aliphatic rings. The number of guanidine groups is 1. The van der Waals surface area contributed by atoms with Crippen molar-refractivity contribution < 1.29 is 8.42 Å². The van der Waals surface area contributed by atoms with E-state index in [-0.39, 0.29) is 10.9 Å². The molecular weight excluding hydrogens is 252 g/mol. The van der Waals surface area contributed by atoms with Crippen LogP contribution >= 0.6 is 0 Å². The standard InChI is InChI=1S/C11H14N4O2S/c1-3-13-11(14-8-12)15-18(16,17)10-6-4-9(2)5-7-10/h4-7H,3H2,1-2H3,(H2,13,14,15). The number of rotatable bonds is 3. The van der Waals surface area contributed by atoms with E-state index < -0.39 is 10.0 Å². The van der Waals surface area contributed by atoms with Gasteiger partial charge in [-0.2, -0.15) is 5.26 Å². The molecular formula is C11H14N4O2S. The fourth-order valence-corrected chi connectivity index (χ4v) is 2.19. The van der Waals surface area contributed by atoms with Crippen molar-refractivity contribution in [2.24, 2.45) is 4.99 Å². The number of hydrogen-bond donors (Lipinski definition) is 2. The first kappa shape index (κ1) is 14.0. The first-order valence-corrected chi connectivity index (χ1v) is 6.77. The lowest BCUT2D eigenvalue weighted by Gasteiger charge is -2.08. The van der Waals surface area contributed by atoms with E-state index in [4.69, 9.17) is 5.26 Å². The highest BCUT2D eigenvalue weighted by Gasteiger charge is 2.15. The lowest BCUT2D eigenvalue weighted by molar-refractivity contribution is 0.592. The van der Waals surface area contributed by atoms with Crippen LogP contribution in [0.1, 0.15) is 12.5 Å². The van der Waals surface area contributed by atoms with Gasteiger partial charge in [-0.25, -0.2) is 13.1 Å². The molecule has 0 bridgehead atoms. The zero-order valence-corrected chi connectivity index (χ0v) is 11.0. The molecule has 18 heavy (non-hydrogen) atoms. The van der Waals surface area contributed by atoms with E-state index in [0.29, 0.717) is 6.54 Å². The third-order valence-electron chi connectivity index (χ3n) is 2.05. The summed E-state index contributed by atoms with van der Waals surface area (Å²) in [7, 11) is -3.72. The summed E-state index contributed by atoms with van der Waals surface area (Å²) >= 11 is 0. The fourth-order valence-electron chi connectivity index (χ4n) is 1.21. The molecule has 0 fully saturated rings. The third-order valence-corrected chi connectivity index (χ3v) is 3.41. The summed E-state index contributed by atoms with van der Waals surface area (Å²) in [5, 5.41) is 10.7. The van der Waals surface area contributed by atoms with E-state index in [1.165, 1.54) is 12.1 Å². The van der Waals surface area contributed by atoms with Gasteiger partial charge in [-0.3, -0.25) is 10.3 Å². The van der Waals surface area contributed by atoms with Gasteiger partial charge in [0.15, 0.2) is 6.19 Å². The minimum atomic E-state index is -3.72. The Balaban J connectivity index is 2.97. The molecule has 0 saturated heterocycles. The van der Waals surface area contributed by atoms with Crippen molar-refractivity contribution in [3.63, 3.8) is 0 Å². The molecule has 0 saturated carbocycles. The summed E-state index contributed by atoms with van der Waals surface area (Å²) in [5.74, 6) is -0.0828. The maximum atomic E-state index is 12.0. The average Bonchev–Trinajstić information content (AvgIpc) is 2.29. The predicted octanol–water partition coefficient (Wildman–Crippen LogP) is 0.720. The minimum absolute atomic E-state index is 0.0828. The van der Waals surface area contributed by atoms with Gasteiger partial charge in [0.1, 0.15) is 0 Å². The highest BCUT2D eigenvalue weighted by Crippen LogP contribution is 2.09. The Morgan fingerprint density at radius 1 is 1.39 bits per heavy atom. The minimum Gasteiger partial charge on any atom is -0.262 e. The van der Waals surface area contributed by atoms with E-state index in [2.05, 4.69) is 15.0 Å². The van der Waals surface area contributed by atoms with Crippen LogP contribution in [-0.2, 0) is 10.0 Å². The molecule has 6 nitrogen and oxygen atoms in total. The molecule has 0 unspecified atom stereocenters. The predicted molar refractivity (Wildman–Crippen MR) is 68.2 cm³/mol. The molecule has 0 radical (unpaired) electrons. The van der Waals surface area contributed by atoms with Crippen molar-refractivity contribution in [1.82, 2.24) is 10.0 Å². The Labute approximate surface area is 106 Å². The number of aryl methyl sites for hydroxylation is 1. The highest BCUT2D eigenvalue weighted by molar-refractivity contribution is 7.90. The normalized spacial score (nSPS) is 11.7. The van der Waals surface area contributed by atoms with Crippen LogP contribution in [0, 0.1) is 18.4 Å². The molecule has 0 heterocycles. The zero-order chi connectivity index (χ0) is 13.6. The lowest BCUT2D eigenvalue weighted by Crippen LogP contribution is -2.38. The molecule has 0 aromatic heterocycles. The second kappa shape index (κ2) is 6.02. The molecule has 1 rings (SSSR count). The van der Waals surface area contributed by atoms with Crippen molar-refractivity contribution in [2.75, 3.05) is 6.54 Å². The van der Waals surface area contributed by atoms with E-state index in [0.717, 1.165) is 5.56 Å². The van der Waals surface area contributed by atoms with Gasteiger partial charge in [-0.05, 0) is 26.0 Å². The van der Waals surface area contributed by atoms with Crippen molar-refractivity contribution in [3.8, 4) is 6.19 Å². The number of hydrogen-bond acceptors (Lipinski definition) is 4. The van der Waals surface area contributed by atoms with Crippen LogP contribution in [0.3, 0.4) is 0 Å². The van der Waals surface area contributed by atoms with Gasteiger partial charge < -0.3 is 0 Å². The maximum absolute atomic E-state index is 12.0. The summed E-state index contributed by atoms with van der Waals surface area (Å²) in [5.41, 5.74) is 0.964. The van der Waals surface area contributed by atoms with Gasteiger partial charge in [0.2, 0.25) is 5.96 Å². The van der Waals surface area contributed by atoms with E-state index in [1.807, 2.05) is 6.92 Å². The summed E-state index contributed by atoms with van der Waals surface area (Å²) in [6.45, 7) is 3.96. The molecule has 0 aliphatic heterocycles. The first-order chi connectivity index (χ1) is 8.49. The molecule has 0 atom stereocenters. The number of aliphatic imine (C=N–C) groups is 1. The molecule has 0 spiro atoms. The number of sulfonamides is 1. The summed E-state index contributed by atoms with van der Waals surface area (Å²) in [6, 6.07) is 6.38. The summed E-state index contributed by atoms with van der Waals surface area (Å²) in [6.07, 6.45) is 1.63. The zero-order valence-electron chi connectivity index (χ0n) is 10.1. The number of nitrogens with zero attached hydrogens (tertiary/aromatic N) is 2. The average molecular weight is 266 g/mol. The molecule has 1 aromatic carbocycles. The van der Waals surface area contributed by atoms with Crippen LogP contribution in [0.4, 0.5) is 0 Å². The van der Waals surface area contributed by atoms with Gasteiger partial charge in [-0.15, -0.1) is 0 Å². The third kappa shape index (κ3) is 3.75. The molecule has 2 N–H and O–H groups in total. The van der Waals surface area contributed by atoms with E-state index in [1.54, 1.807) is 25.2 Å². The summed E-state index contributed by atoms with van der Waals surface area (Å²) < 4.78 is 26.1. The first-order valence-electron chi connectivity index (χ1n) is 5.28. The Bertz CT molecular complexity index is 570. The van der Waals surface area contributed by atoms with Gasteiger partial charge in [0.05, 0.1) is 4.90 Å². The Morgan fingerprint density at radius 2 is 2.00 bits per heavy atom. The number of nitriles is 1. The number of nitrogens with one attached hydrogen (secondary N) is 2. The SMILES string of the molecule is CCN=C(NC#N)NS(=O)(=O)c1ccc(C)cc1. The largest absolute Gasteiger partial charge is 0.264 e. The number of benzene rings is 1. The topological polar surface area (TPSA) is 94.3 Å². The van der Waals surface area contributed by atoms with Gasteiger partial charge in [0, 0.05) is 6.54 Å². The fraction of sp³-hybridized carbons (Fsp3) is 0.273. The lowest BCUT2D eigenvalue weighted by atomic mass is 10.2. The van der Waals surface area contributed by atoms with Gasteiger partial charge in [0.25, 0.3) is 10.0 Å². The molecule has 7 heteroatoms. The van der Waals surface area contributed by atoms with Crippen molar-refractivity contribution >= 4 is 16.0 Å². The van der Waals surface area contributed by atoms with Crippen LogP contribution in [0.15, 0.2) is 34.2 Å². The Kier molecular flexibility index (Phi) is 4.68.